The van der Waals surface area contributed by atoms with Gasteiger partial charge in [-0.3, -0.25) is 0 Å². The highest BCUT2D eigenvalue weighted by Gasteiger charge is 2.19. The molecule has 0 saturated carbocycles. The summed E-state index contributed by atoms with van der Waals surface area (Å²) in [6.45, 7) is 0. The lowest BCUT2D eigenvalue weighted by molar-refractivity contribution is 0.0730. The quantitative estimate of drug-likeness (QED) is 0.509. The van der Waals surface area contributed by atoms with Crippen LogP contribution in [0, 0.1) is 11.3 Å². The van der Waals surface area contributed by atoms with Gasteiger partial charge >= 0.3 is 5.97 Å². The topological polar surface area (TPSA) is 84.2 Å². The van der Waals surface area contributed by atoms with Crippen LogP contribution in [0.2, 0.25) is 0 Å². The van der Waals surface area contributed by atoms with Gasteiger partial charge in [-0.05, 0) is 47.5 Å². The molecule has 27 heavy (non-hydrogen) atoms. The molecule has 134 valence electrons. The van der Waals surface area contributed by atoms with E-state index in [0.717, 1.165) is 17.4 Å². The van der Waals surface area contributed by atoms with E-state index in [1.807, 2.05) is 12.1 Å². The second-order valence-corrected chi connectivity index (χ2v) is 7.86. The van der Waals surface area contributed by atoms with E-state index < -0.39 is 15.8 Å². The fourth-order valence-electron chi connectivity index (χ4n) is 2.57. The lowest BCUT2D eigenvalue weighted by Gasteiger charge is -2.09. The third-order valence-corrected chi connectivity index (χ3v) is 5.07. The van der Waals surface area contributed by atoms with Gasteiger partial charge < -0.3 is 4.74 Å². The van der Waals surface area contributed by atoms with Crippen LogP contribution in [-0.4, -0.2) is 20.6 Å². The average Bonchev–Trinajstić information content (AvgIpc) is 2.68. The minimum atomic E-state index is -3.54. The molecule has 6 heteroatoms. The molecule has 5 nitrogen and oxygen atoms in total. The molecule has 0 N–H and O–H groups in total. The van der Waals surface area contributed by atoms with Crippen molar-refractivity contribution in [1.82, 2.24) is 0 Å². The van der Waals surface area contributed by atoms with Crippen LogP contribution < -0.4 is 4.74 Å². The molecule has 0 aliphatic rings. The third-order valence-electron chi connectivity index (χ3n) is 3.92. The van der Waals surface area contributed by atoms with Crippen molar-refractivity contribution in [2.75, 3.05) is 6.26 Å². The average molecular weight is 377 g/mol. The Balaban J connectivity index is 1.81. The molecular formula is C21H15NO4S. The van der Waals surface area contributed by atoms with Crippen LogP contribution in [0.4, 0.5) is 0 Å². The van der Waals surface area contributed by atoms with Gasteiger partial charge in [-0.25, -0.2) is 13.2 Å². The fourth-order valence-corrected chi connectivity index (χ4v) is 3.45. The highest BCUT2D eigenvalue weighted by molar-refractivity contribution is 7.90. The smallest absolute Gasteiger partial charge is 0.344 e. The number of nitrogens with zero attached hydrogens (tertiary/aromatic N) is 1. The van der Waals surface area contributed by atoms with Crippen LogP contribution in [0.5, 0.6) is 5.75 Å². The van der Waals surface area contributed by atoms with E-state index in [9.17, 15) is 13.2 Å². The van der Waals surface area contributed by atoms with E-state index in [1.165, 1.54) is 12.1 Å². The summed E-state index contributed by atoms with van der Waals surface area (Å²) in [4.78, 5) is 12.3. The van der Waals surface area contributed by atoms with Crippen molar-refractivity contribution in [2.45, 2.75) is 4.90 Å². The molecule has 3 rings (SSSR count). The summed E-state index contributed by atoms with van der Waals surface area (Å²) in [5, 5.41) is 8.85. The van der Waals surface area contributed by atoms with Gasteiger partial charge in [0.2, 0.25) is 0 Å². The largest absolute Gasteiger partial charge is 0.423 e. The number of carbonyl (C=O) groups is 1. The number of carbonyl (C=O) groups excluding carboxylic acids is 1. The summed E-state index contributed by atoms with van der Waals surface area (Å²) in [5.41, 5.74) is 2.40. The van der Waals surface area contributed by atoms with Crippen molar-refractivity contribution in [1.29, 1.82) is 5.26 Å². The molecule has 0 bridgehead atoms. The Morgan fingerprint density at radius 2 is 1.44 bits per heavy atom. The molecular weight excluding hydrogens is 362 g/mol. The lowest BCUT2D eigenvalue weighted by atomic mass is 10.0. The van der Waals surface area contributed by atoms with E-state index in [1.54, 1.807) is 48.5 Å². The van der Waals surface area contributed by atoms with E-state index in [2.05, 4.69) is 6.07 Å². The maximum absolute atomic E-state index is 12.4. The molecule has 0 aromatic heterocycles. The summed E-state index contributed by atoms with van der Waals surface area (Å²) in [6, 6.07) is 22.0. The first-order chi connectivity index (χ1) is 12.9. The van der Waals surface area contributed by atoms with E-state index in [0.29, 0.717) is 11.3 Å². The van der Waals surface area contributed by atoms with Gasteiger partial charge in [-0.15, -0.1) is 0 Å². The van der Waals surface area contributed by atoms with Crippen molar-refractivity contribution >= 4 is 15.8 Å². The predicted molar refractivity (Wildman–Crippen MR) is 101 cm³/mol. The Morgan fingerprint density at radius 3 is 2.00 bits per heavy atom. The molecule has 0 amide bonds. The van der Waals surface area contributed by atoms with E-state index >= 15 is 0 Å². The lowest BCUT2D eigenvalue weighted by Crippen LogP contribution is -2.13. The molecule has 0 fully saturated rings. The van der Waals surface area contributed by atoms with Crippen molar-refractivity contribution in [3.63, 3.8) is 0 Å². The van der Waals surface area contributed by atoms with Crippen LogP contribution in [0.25, 0.3) is 11.1 Å². The van der Waals surface area contributed by atoms with Gasteiger partial charge in [-0.1, -0.05) is 36.4 Å². The fraction of sp³-hybridized carbons (Fsp3) is 0.0476. The first-order valence-electron chi connectivity index (χ1n) is 8.00. The maximum atomic E-state index is 12.4. The van der Waals surface area contributed by atoms with E-state index in [-0.39, 0.29) is 10.5 Å². The third kappa shape index (κ3) is 4.22. The van der Waals surface area contributed by atoms with Gasteiger partial charge in [0.1, 0.15) is 5.75 Å². The number of nitriles is 1. The number of rotatable bonds is 4. The molecule has 3 aromatic rings. The normalized spacial score (nSPS) is 10.8. The molecule has 0 radical (unpaired) electrons. The van der Waals surface area contributed by atoms with Crippen molar-refractivity contribution in [3.8, 4) is 22.9 Å². The van der Waals surface area contributed by atoms with Gasteiger partial charge in [0.25, 0.3) is 0 Å². The van der Waals surface area contributed by atoms with Crippen LogP contribution in [0.3, 0.4) is 0 Å². The molecule has 0 heterocycles. The number of hydrogen-bond donors (Lipinski definition) is 0. The maximum Gasteiger partial charge on any atom is 0.344 e. The molecule has 0 aliphatic heterocycles. The summed E-state index contributed by atoms with van der Waals surface area (Å²) in [6.07, 6.45) is 1.05. The monoisotopic (exact) mass is 377 g/mol. The van der Waals surface area contributed by atoms with Crippen molar-refractivity contribution in [3.05, 3.63) is 83.9 Å². The van der Waals surface area contributed by atoms with Gasteiger partial charge in [-0.2, -0.15) is 5.26 Å². The highest BCUT2D eigenvalue weighted by Crippen LogP contribution is 2.24. The number of hydrogen-bond acceptors (Lipinski definition) is 5. The minimum absolute atomic E-state index is 0.00355. The summed E-state index contributed by atoms with van der Waals surface area (Å²) in [5.74, 6) is -0.428. The Bertz CT molecular complexity index is 1130. The number of ether oxygens (including phenoxy) is 1. The standard InChI is InChI=1S/C21H15NO4S/c1-27(24,25)20-5-3-2-4-19(20)21(23)26-18-12-10-17(11-13-18)16-8-6-15(14-22)7-9-16/h2-13H,1H3. The number of esters is 1. The van der Waals surface area contributed by atoms with Crippen LogP contribution >= 0.6 is 0 Å². The molecule has 3 aromatic carbocycles. The zero-order chi connectivity index (χ0) is 19.4. The van der Waals surface area contributed by atoms with Gasteiger partial charge in [0, 0.05) is 6.26 Å². The zero-order valence-corrected chi connectivity index (χ0v) is 15.2. The Hall–Kier alpha value is -3.43. The zero-order valence-electron chi connectivity index (χ0n) is 14.4. The Labute approximate surface area is 157 Å². The van der Waals surface area contributed by atoms with E-state index in [4.69, 9.17) is 10.00 Å². The summed E-state index contributed by atoms with van der Waals surface area (Å²) in [7, 11) is -3.54. The van der Waals surface area contributed by atoms with Crippen LogP contribution in [-0.2, 0) is 9.84 Å². The predicted octanol–water partition coefficient (Wildman–Crippen LogP) is 3.85. The minimum Gasteiger partial charge on any atom is -0.423 e. The molecule has 0 unspecified atom stereocenters. The van der Waals surface area contributed by atoms with Gasteiger partial charge in [0.05, 0.1) is 22.1 Å². The molecule has 0 saturated heterocycles. The highest BCUT2D eigenvalue weighted by atomic mass is 32.2. The summed E-state index contributed by atoms with van der Waals surface area (Å²) < 4.78 is 29.0. The molecule has 0 atom stereocenters. The van der Waals surface area contributed by atoms with Crippen LogP contribution in [0.1, 0.15) is 15.9 Å². The first-order valence-corrected chi connectivity index (χ1v) is 9.89. The van der Waals surface area contributed by atoms with Crippen LogP contribution in [0.15, 0.2) is 77.7 Å². The second kappa shape index (κ2) is 7.44. The van der Waals surface area contributed by atoms with Gasteiger partial charge in [0.15, 0.2) is 9.84 Å². The summed E-state index contributed by atoms with van der Waals surface area (Å²) >= 11 is 0. The van der Waals surface area contributed by atoms with Crippen molar-refractivity contribution < 1.29 is 17.9 Å². The number of sulfone groups is 1. The van der Waals surface area contributed by atoms with Crippen molar-refractivity contribution in [2.24, 2.45) is 0 Å². The number of benzene rings is 3. The second-order valence-electron chi connectivity index (χ2n) is 5.87. The molecule has 0 spiro atoms. The first kappa shape index (κ1) is 18.4. The Kier molecular flexibility index (Phi) is 5.06. The molecule has 0 aliphatic carbocycles. The SMILES string of the molecule is CS(=O)(=O)c1ccccc1C(=O)Oc1ccc(-c2ccc(C#N)cc2)cc1. The Morgan fingerprint density at radius 1 is 0.889 bits per heavy atom.